The normalized spacial score (nSPS) is 15.1. The van der Waals surface area contributed by atoms with Crippen LogP contribution in [0.5, 0.6) is 0 Å². The zero-order valence-electron chi connectivity index (χ0n) is 11.0. The highest BCUT2D eigenvalue weighted by atomic mass is 19.4. The van der Waals surface area contributed by atoms with Gasteiger partial charge in [-0.3, -0.25) is 9.48 Å². The van der Waals surface area contributed by atoms with E-state index >= 15 is 0 Å². The number of hydrogen-bond acceptors (Lipinski definition) is 4. The van der Waals surface area contributed by atoms with E-state index in [0.717, 1.165) is 4.57 Å². The first-order chi connectivity index (χ1) is 9.86. The number of halogens is 3. The predicted octanol–water partition coefficient (Wildman–Crippen LogP) is 0.686. The van der Waals surface area contributed by atoms with Crippen LogP contribution in [0.4, 0.5) is 13.2 Å². The molecule has 0 saturated heterocycles. The fourth-order valence-electron chi connectivity index (χ4n) is 2.26. The van der Waals surface area contributed by atoms with Crippen molar-refractivity contribution in [3.8, 4) is 0 Å². The van der Waals surface area contributed by atoms with E-state index in [4.69, 9.17) is 0 Å². The van der Waals surface area contributed by atoms with Crippen LogP contribution >= 0.6 is 0 Å². The maximum Gasteiger partial charge on any atom is 0.451 e. The van der Waals surface area contributed by atoms with Crippen LogP contribution in [0.3, 0.4) is 0 Å². The minimum absolute atomic E-state index is 0.00317. The van der Waals surface area contributed by atoms with Gasteiger partial charge in [0.25, 0.3) is 5.91 Å². The summed E-state index contributed by atoms with van der Waals surface area (Å²) in [6.07, 6.45) is -1.56. The van der Waals surface area contributed by atoms with Crippen molar-refractivity contribution in [3.63, 3.8) is 0 Å². The Hall–Kier alpha value is -2.39. The lowest BCUT2D eigenvalue weighted by molar-refractivity contribution is -0.147. The highest BCUT2D eigenvalue weighted by Gasteiger charge is 2.40. The second kappa shape index (κ2) is 4.57. The number of carbonyl (C=O) groups excluding carboxylic acids is 1. The summed E-state index contributed by atoms with van der Waals surface area (Å²) < 4.78 is 40.6. The third-order valence-electron chi connectivity index (χ3n) is 3.25. The molecular formula is C11H11F3N6O. The van der Waals surface area contributed by atoms with Gasteiger partial charge in [-0.25, -0.2) is 0 Å². The minimum atomic E-state index is -4.54. The van der Waals surface area contributed by atoms with Crippen LogP contribution in [-0.2, 0) is 26.3 Å². The third-order valence-corrected chi connectivity index (χ3v) is 3.25. The van der Waals surface area contributed by atoms with Crippen LogP contribution in [0, 0.1) is 0 Å². The van der Waals surface area contributed by atoms with Gasteiger partial charge in [-0.05, 0) is 0 Å². The Morgan fingerprint density at radius 3 is 2.67 bits per heavy atom. The quantitative estimate of drug-likeness (QED) is 0.777. The molecule has 2 aromatic heterocycles. The van der Waals surface area contributed by atoms with Crippen molar-refractivity contribution in [3.05, 3.63) is 29.6 Å². The van der Waals surface area contributed by atoms with Crippen molar-refractivity contribution >= 4 is 5.91 Å². The summed E-state index contributed by atoms with van der Waals surface area (Å²) in [6, 6.07) is 0. The fraction of sp³-hybridized carbons (Fsp3) is 0.455. The number of carbonyl (C=O) groups is 1. The van der Waals surface area contributed by atoms with Gasteiger partial charge in [-0.2, -0.15) is 18.3 Å². The van der Waals surface area contributed by atoms with Gasteiger partial charge in [0.05, 0.1) is 18.3 Å². The molecule has 0 saturated carbocycles. The zero-order valence-corrected chi connectivity index (χ0v) is 11.0. The van der Waals surface area contributed by atoms with Gasteiger partial charge in [-0.15, -0.1) is 10.2 Å². The summed E-state index contributed by atoms with van der Waals surface area (Å²) >= 11 is 0. The van der Waals surface area contributed by atoms with Crippen molar-refractivity contribution in [1.82, 2.24) is 29.4 Å². The second-order valence-electron chi connectivity index (χ2n) is 4.72. The van der Waals surface area contributed by atoms with Crippen molar-refractivity contribution < 1.29 is 18.0 Å². The van der Waals surface area contributed by atoms with E-state index in [1.54, 1.807) is 13.2 Å². The van der Waals surface area contributed by atoms with Gasteiger partial charge in [0.15, 0.2) is 5.82 Å². The average molecular weight is 300 g/mol. The molecule has 10 heteroatoms. The third kappa shape index (κ3) is 2.36. The van der Waals surface area contributed by atoms with E-state index in [2.05, 4.69) is 15.3 Å². The highest BCUT2D eigenvalue weighted by molar-refractivity contribution is 5.93. The molecule has 1 aliphatic heterocycles. The standard InChI is InChI=1S/C11H11F3N6O/c1-18-5-7(4-15-18)9(21)19-2-3-20-8(6-19)16-17-10(20)11(12,13)14/h4-5H,2-3,6H2,1H3. The minimum Gasteiger partial charge on any atom is -0.329 e. The number of hydrogen-bond donors (Lipinski definition) is 0. The van der Waals surface area contributed by atoms with Crippen LogP contribution in [0.1, 0.15) is 22.0 Å². The number of fused-ring (bicyclic) bond motifs is 1. The number of aromatic nitrogens is 5. The summed E-state index contributed by atoms with van der Waals surface area (Å²) in [5.74, 6) is -1.18. The molecule has 21 heavy (non-hydrogen) atoms. The summed E-state index contributed by atoms with van der Waals surface area (Å²) in [5.41, 5.74) is 0.390. The second-order valence-corrected chi connectivity index (χ2v) is 4.72. The molecule has 1 amide bonds. The van der Waals surface area contributed by atoms with Gasteiger partial charge >= 0.3 is 6.18 Å². The molecule has 7 nitrogen and oxygen atoms in total. The summed E-state index contributed by atoms with van der Waals surface area (Å²) in [7, 11) is 1.68. The number of nitrogens with zero attached hydrogens (tertiary/aromatic N) is 6. The van der Waals surface area contributed by atoms with Crippen molar-refractivity contribution in [2.45, 2.75) is 19.3 Å². The van der Waals surface area contributed by atoms with Crippen molar-refractivity contribution in [2.75, 3.05) is 6.54 Å². The van der Waals surface area contributed by atoms with Gasteiger partial charge in [0, 0.05) is 26.3 Å². The van der Waals surface area contributed by atoms with Gasteiger partial charge < -0.3 is 9.47 Å². The van der Waals surface area contributed by atoms with Gasteiger partial charge in [0.2, 0.25) is 5.82 Å². The van der Waals surface area contributed by atoms with E-state index < -0.39 is 12.0 Å². The van der Waals surface area contributed by atoms with Crippen LogP contribution in [0.15, 0.2) is 12.4 Å². The lowest BCUT2D eigenvalue weighted by Gasteiger charge is -2.27. The Morgan fingerprint density at radius 2 is 2.05 bits per heavy atom. The van der Waals surface area contributed by atoms with Crippen molar-refractivity contribution in [1.29, 1.82) is 0 Å². The van der Waals surface area contributed by atoms with Gasteiger partial charge in [-0.1, -0.05) is 0 Å². The molecular weight excluding hydrogens is 289 g/mol. The number of alkyl halides is 3. The molecule has 1 aliphatic rings. The van der Waals surface area contributed by atoms with Crippen molar-refractivity contribution in [2.24, 2.45) is 7.05 Å². The average Bonchev–Trinajstić information content (AvgIpc) is 3.02. The molecule has 0 radical (unpaired) electrons. The number of rotatable bonds is 1. The first-order valence-corrected chi connectivity index (χ1v) is 6.13. The van der Waals surface area contributed by atoms with Gasteiger partial charge in [0.1, 0.15) is 0 Å². The Kier molecular flexibility index (Phi) is 2.96. The Morgan fingerprint density at radius 1 is 1.29 bits per heavy atom. The summed E-state index contributed by atoms with van der Waals surface area (Å²) in [5, 5.41) is 10.6. The lowest BCUT2D eigenvalue weighted by atomic mass is 10.2. The molecule has 0 aliphatic carbocycles. The molecule has 0 atom stereocenters. The van der Waals surface area contributed by atoms with E-state index in [-0.39, 0.29) is 31.4 Å². The van der Waals surface area contributed by atoms with E-state index in [9.17, 15) is 18.0 Å². The fourth-order valence-corrected chi connectivity index (χ4v) is 2.26. The van der Waals surface area contributed by atoms with Crippen LogP contribution in [0.25, 0.3) is 0 Å². The molecule has 0 N–H and O–H groups in total. The molecule has 2 aromatic rings. The summed E-state index contributed by atoms with van der Waals surface area (Å²) in [6.45, 7) is 0.182. The van der Waals surface area contributed by atoms with Crippen LogP contribution < -0.4 is 0 Å². The SMILES string of the molecule is Cn1cc(C(=O)N2CCn3c(nnc3C(F)(F)F)C2)cn1. The number of amides is 1. The van der Waals surface area contributed by atoms with E-state index in [1.807, 2.05) is 0 Å². The molecule has 3 rings (SSSR count). The Bertz CT molecular complexity index is 688. The molecule has 0 aromatic carbocycles. The largest absolute Gasteiger partial charge is 0.451 e. The molecule has 0 fully saturated rings. The molecule has 0 unspecified atom stereocenters. The van der Waals surface area contributed by atoms with E-state index in [1.165, 1.54) is 15.8 Å². The first-order valence-electron chi connectivity index (χ1n) is 6.13. The van der Waals surface area contributed by atoms with E-state index in [0.29, 0.717) is 5.56 Å². The predicted molar refractivity (Wildman–Crippen MR) is 63.0 cm³/mol. The monoisotopic (exact) mass is 300 g/mol. The molecule has 0 bridgehead atoms. The Balaban J connectivity index is 1.82. The zero-order chi connectivity index (χ0) is 15.2. The lowest BCUT2D eigenvalue weighted by Crippen LogP contribution is -2.39. The maximum absolute atomic E-state index is 12.7. The maximum atomic E-state index is 12.7. The molecule has 112 valence electrons. The number of aryl methyl sites for hydroxylation is 1. The smallest absolute Gasteiger partial charge is 0.329 e. The summed E-state index contributed by atoms with van der Waals surface area (Å²) in [4.78, 5) is 13.7. The molecule has 0 spiro atoms. The van der Waals surface area contributed by atoms with Crippen LogP contribution in [-0.4, -0.2) is 41.9 Å². The first kappa shape index (κ1) is 13.6. The Labute approximate surface area is 117 Å². The molecule has 3 heterocycles. The van der Waals surface area contributed by atoms with Crippen LogP contribution in [0.2, 0.25) is 0 Å². The highest BCUT2D eigenvalue weighted by Crippen LogP contribution is 2.29. The topological polar surface area (TPSA) is 68.8 Å².